The Morgan fingerprint density at radius 3 is 2.18 bits per heavy atom. The Labute approximate surface area is 197 Å². The minimum Gasteiger partial charge on any atom is -0.457 e. The van der Waals surface area contributed by atoms with Crippen LogP contribution in [0, 0.1) is 12.7 Å². The smallest absolute Gasteiger partial charge is 0.134 e. The average Bonchev–Trinajstić information content (AvgIpc) is 2.86. The van der Waals surface area contributed by atoms with Crippen LogP contribution in [0.1, 0.15) is 5.82 Å². The molecule has 5 nitrogen and oxygen atoms in total. The van der Waals surface area contributed by atoms with Crippen LogP contribution in [0.3, 0.4) is 0 Å². The first-order valence-corrected chi connectivity index (χ1v) is 10.8. The summed E-state index contributed by atoms with van der Waals surface area (Å²) in [6.45, 7) is 1.85. The summed E-state index contributed by atoms with van der Waals surface area (Å²) in [5.74, 6) is 2.58. The number of ether oxygens (including phenoxy) is 1. The van der Waals surface area contributed by atoms with Crippen LogP contribution in [0.2, 0.25) is 0 Å². The van der Waals surface area contributed by atoms with Gasteiger partial charge in [0, 0.05) is 35.3 Å². The Morgan fingerprint density at radius 2 is 1.41 bits per heavy atom. The van der Waals surface area contributed by atoms with E-state index in [1.54, 1.807) is 24.5 Å². The van der Waals surface area contributed by atoms with E-state index in [0.29, 0.717) is 11.6 Å². The molecule has 0 saturated carbocycles. The monoisotopic (exact) mass is 448 g/mol. The van der Waals surface area contributed by atoms with E-state index in [4.69, 9.17) is 4.74 Å². The number of anilines is 2. The predicted octanol–water partition coefficient (Wildman–Crippen LogP) is 7.19. The first-order chi connectivity index (χ1) is 16.6. The second kappa shape index (κ2) is 9.50. The Bertz CT molecular complexity index is 1410. The lowest BCUT2D eigenvalue weighted by atomic mass is 10.0. The van der Waals surface area contributed by atoms with Crippen molar-refractivity contribution in [2.75, 3.05) is 5.32 Å². The summed E-state index contributed by atoms with van der Waals surface area (Å²) in [5.41, 5.74) is 4.25. The summed E-state index contributed by atoms with van der Waals surface area (Å²) in [6.07, 6.45) is 3.51. The highest BCUT2D eigenvalue weighted by molar-refractivity contribution is 5.72. The zero-order valence-corrected chi connectivity index (χ0v) is 18.4. The van der Waals surface area contributed by atoms with E-state index >= 15 is 0 Å². The molecule has 0 atom stereocenters. The van der Waals surface area contributed by atoms with Gasteiger partial charge in [-0.25, -0.2) is 14.4 Å². The fraction of sp³-hybridized carbons (Fsp3) is 0.0357. The van der Waals surface area contributed by atoms with Crippen molar-refractivity contribution in [2.45, 2.75) is 6.92 Å². The molecule has 0 aliphatic heterocycles. The average molecular weight is 449 g/mol. The summed E-state index contributed by atoms with van der Waals surface area (Å²) in [4.78, 5) is 13.5. The molecule has 0 unspecified atom stereocenters. The number of aryl methyl sites for hydroxylation is 1. The van der Waals surface area contributed by atoms with E-state index in [2.05, 4.69) is 20.3 Å². The van der Waals surface area contributed by atoms with Crippen LogP contribution in [0.5, 0.6) is 11.5 Å². The van der Waals surface area contributed by atoms with Crippen LogP contribution in [-0.2, 0) is 0 Å². The van der Waals surface area contributed by atoms with Crippen molar-refractivity contribution in [3.63, 3.8) is 0 Å². The molecule has 0 radical (unpaired) electrons. The molecule has 34 heavy (non-hydrogen) atoms. The lowest BCUT2D eigenvalue weighted by Crippen LogP contribution is -1.99. The van der Waals surface area contributed by atoms with Gasteiger partial charge in [0.15, 0.2) is 0 Å². The molecule has 5 aromatic rings. The van der Waals surface area contributed by atoms with Gasteiger partial charge in [-0.2, -0.15) is 0 Å². The van der Waals surface area contributed by atoms with E-state index < -0.39 is 0 Å². The van der Waals surface area contributed by atoms with E-state index in [-0.39, 0.29) is 5.82 Å². The summed E-state index contributed by atoms with van der Waals surface area (Å²) >= 11 is 0. The van der Waals surface area contributed by atoms with Gasteiger partial charge >= 0.3 is 0 Å². The van der Waals surface area contributed by atoms with Crippen molar-refractivity contribution < 1.29 is 9.13 Å². The fourth-order valence-electron chi connectivity index (χ4n) is 3.54. The number of pyridine rings is 1. The molecule has 0 bridgehead atoms. The van der Waals surface area contributed by atoms with Gasteiger partial charge in [-0.3, -0.25) is 4.98 Å². The largest absolute Gasteiger partial charge is 0.457 e. The van der Waals surface area contributed by atoms with Crippen LogP contribution >= 0.6 is 0 Å². The second-order valence-electron chi connectivity index (χ2n) is 7.72. The number of hydrogen-bond donors (Lipinski definition) is 1. The Morgan fingerprint density at radius 1 is 0.706 bits per heavy atom. The lowest BCUT2D eigenvalue weighted by molar-refractivity contribution is 0.483. The molecule has 2 aromatic heterocycles. The number of aromatic nitrogens is 3. The van der Waals surface area contributed by atoms with Crippen molar-refractivity contribution in [1.29, 1.82) is 0 Å². The maximum atomic E-state index is 13.3. The maximum Gasteiger partial charge on any atom is 0.134 e. The van der Waals surface area contributed by atoms with Crippen LogP contribution in [0.4, 0.5) is 15.9 Å². The minimum atomic E-state index is -0.269. The van der Waals surface area contributed by atoms with Crippen molar-refractivity contribution in [3.05, 3.63) is 115 Å². The topological polar surface area (TPSA) is 59.9 Å². The van der Waals surface area contributed by atoms with Gasteiger partial charge in [-0.1, -0.05) is 30.3 Å². The summed E-state index contributed by atoms with van der Waals surface area (Å²) in [5, 5.41) is 3.33. The van der Waals surface area contributed by atoms with Crippen LogP contribution in [0.25, 0.3) is 22.4 Å². The van der Waals surface area contributed by atoms with E-state index in [1.807, 2.05) is 73.7 Å². The van der Waals surface area contributed by atoms with Gasteiger partial charge in [0.25, 0.3) is 0 Å². The number of halogens is 1. The van der Waals surface area contributed by atoms with Gasteiger partial charge in [0.1, 0.15) is 29.0 Å². The zero-order chi connectivity index (χ0) is 23.3. The SMILES string of the molecule is Cc1nc(Nc2ccc(Oc3ccccc3)cc2)cc(-c2cncc(-c3ccc(F)cc3)c2)n1. The molecule has 0 aliphatic rings. The number of nitrogens with zero attached hydrogens (tertiary/aromatic N) is 3. The van der Waals surface area contributed by atoms with E-state index in [0.717, 1.165) is 39.6 Å². The van der Waals surface area contributed by atoms with Crippen LogP contribution in [-0.4, -0.2) is 15.0 Å². The molecular formula is C28H21FN4O. The van der Waals surface area contributed by atoms with Gasteiger partial charge in [0.2, 0.25) is 0 Å². The molecule has 6 heteroatoms. The van der Waals surface area contributed by atoms with Crippen molar-refractivity contribution in [1.82, 2.24) is 15.0 Å². The molecule has 0 fully saturated rings. The third kappa shape index (κ3) is 5.07. The highest BCUT2D eigenvalue weighted by Gasteiger charge is 2.08. The van der Waals surface area contributed by atoms with Crippen molar-refractivity contribution >= 4 is 11.5 Å². The third-order valence-corrected chi connectivity index (χ3v) is 5.16. The summed E-state index contributed by atoms with van der Waals surface area (Å²) < 4.78 is 19.1. The highest BCUT2D eigenvalue weighted by Crippen LogP contribution is 2.28. The van der Waals surface area contributed by atoms with Crippen LogP contribution in [0.15, 0.2) is 103 Å². The van der Waals surface area contributed by atoms with Gasteiger partial charge in [-0.15, -0.1) is 0 Å². The number of rotatable bonds is 6. The number of benzene rings is 3. The van der Waals surface area contributed by atoms with E-state index in [9.17, 15) is 4.39 Å². The molecular weight excluding hydrogens is 427 g/mol. The molecule has 2 heterocycles. The second-order valence-corrected chi connectivity index (χ2v) is 7.72. The Balaban J connectivity index is 1.36. The lowest BCUT2D eigenvalue weighted by Gasteiger charge is -2.11. The zero-order valence-electron chi connectivity index (χ0n) is 18.4. The Hall–Kier alpha value is -4.58. The van der Waals surface area contributed by atoms with Crippen LogP contribution < -0.4 is 10.1 Å². The van der Waals surface area contributed by atoms with Crippen molar-refractivity contribution in [3.8, 4) is 33.9 Å². The molecule has 0 amide bonds. The predicted molar refractivity (Wildman–Crippen MR) is 132 cm³/mol. The highest BCUT2D eigenvalue weighted by atomic mass is 19.1. The normalized spacial score (nSPS) is 10.6. The molecule has 5 rings (SSSR count). The molecule has 1 N–H and O–H groups in total. The van der Waals surface area contributed by atoms with Gasteiger partial charge < -0.3 is 10.1 Å². The number of nitrogens with one attached hydrogen (secondary N) is 1. The minimum absolute atomic E-state index is 0.269. The summed E-state index contributed by atoms with van der Waals surface area (Å²) in [7, 11) is 0. The van der Waals surface area contributed by atoms with Gasteiger partial charge in [0.05, 0.1) is 5.69 Å². The van der Waals surface area contributed by atoms with E-state index in [1.165, 1.54) is 12.1 Å². The first kappa shape index (κ1) is 21.3. The molecule has 0 aliphatic carbocycles. The molecule has 166 valence electrons. The van der Waals surface area contributed by atoms with Gasteiger partial charge in [-0.05, 0) is 67.1 Å². The molecule has 0 spiro atoms. The quantitative estimate of drug-likeness (QED) is 0.298. The summed E-state index contributed by atoms with van der Waals surface area (Å²) in [6, 6.07) is 27.5. The maximum absolute atomic E-state index is 13.3. The standard InChI is InChI=1S/C28H21FN4O/c1-19-31-27(22-15-21(17-30-18-22)20-7-9-23(29)10-8-20)16-28(32-19)33-24-11-13-26(14-12-24)34-25-5-3-2-4-6-25/h2-18H,1H3,(H,31,32,33). The third-order valence-electron chi connectivity index (χ3n) is 5.16. The Kier molecular flexibility index (Phi) is 5.95. The molecule has 0 saturated heterocycles. The molecule has 3 aromatic carbocycles. The number of para-hydroxylation sites is 1. The van der Waals surface area contributed by atoms with Crippen molar-refractivity contribution in [2.24, 2.45) is 0 Å². The fourth-order valence-corrected chi connectivity index (χ4v) is 3.54. The first-order valence-electron chi connectivity index (χ1n) is 10.8. The number of hydrogen-bond acceptors (Lipinski definition) is 5.